The van der Waals surface area contributed by atoms with Gasteiger partial charge in [-0.2, -0.15) is 0 Å². The Labute approximate surface area is 92.6 Å². The summed E-state index contributed by atoms with van der Waals surface area (Å²) < 4.78 is 4.86. The number of carbonyl (C=O) groups excluding carboxylic acids is 3. The van der Waals surface area contributed by atoms with Crippen LogP contribution in [-0.4, -0.2) is 30.2 Å². The van der Waals surface area contributed by atoms with Crippen LogP contribution in [0.4, 0.5) is 0 Å². The third-order valence-corrected chi connectivity index (χ3v) is 1.83. The van der Waals surface area contributed by atoms with Gasteiger partial charge < -0.3 is 4.74 Å². The van der Waals surface area contributed by atoms with Gasteiger partial charge in [-0.05, 0) is 5.56 Å². The number of imide groups is 1. The van der Waals surface area contributed by atoms with Crippen LogP contribution in [-0.2, 0) is 25.7 Å². The molecule has 84 valence electrons. The van der Waals surface area contributed by atoms with Gasteiger partial charge in [-0.15, -0.1) is 0 Å². The molecule has 0 bridgehead atoms. The van der Waals surface area contributed by atoms with Gasteiger partial charge >= 0.3 is 5.97 Å². The first-order valence-corrected chi connectivity index (χ1v) is 4.62. The van der Waals surface area contributed by atoms with Gasteiger partial charge in [0, 0.05) is 0 Å². The average Bonchev–Trinajstić information content (AvgIpc) is 2.34. The van der Waals surface area contributed by atoms with Gasteiger partial charge in [-0.1, -0.05) is 30.3 Å². The quantitative estimate of drug-likeness (QED) is 0.513. The monoisotopic (exact) mass is 221 g/mol. The van der Waals surface area contributed by atoms with E-state index in [1.807, 2.05) is 30.3 Å². The summed E-state index contributed by atoms with van der Waals surface area (Å²) in [6, 6.07) is 9.12. The predicted molar refractivity (Wildman–Crippen MR) is 55.1 cm³/mol. The lowest BCUT2D eigenvalue weighted by Crippen LogP contribution is -2.28. The number of benzene rings is 1. The lowest BCUT2D eigenvalue weighted by Gasteiger charge is -2.08. The lowest BCUT2D eigenvalue weighted by molar-refractivity contribution is -0.150. The Morgan fingerprint density at radius 1 is 1.19 bits per heavy atom. The number of esters is 1. The van der Waals surface area contributed by atoms with E-state index in [9.17, 15) is 14.4 Å². The van der Waals surface area contributed by atoms with E-state index in [4.69, 9.17) is 4.74 Å². The molecular formula is C11H11NO4. The Balaban J connectivity index is 2.36. The summed E-state index contributed by atoms with van der Waals surface area (Å²) in [6.07, 6.45) is 0.549. The number of hydrogen-bond donors (Lipinski definition) is 0. The Bertz CT molecular complexity index is 356. The molecule has 0 heterocycles. The molecule has 16 heavy (non-hydrogen) atoms. The van der Waals surface area contributed by atoms with Crippen molar-refractivity contribution in [2.75, 3.05) is 6.54 Å². The van der Waals surface area contributed by atoms with E-state index in [2.05, 4.69) is 0 Å². The number of ether oxygens (including phenoxy) is 1. The molecule has 5 heteroatoms. The fourth-order valence-corrected chi connectivity index (χ4v) is 1.03. The minimum atomic E-state index is -0.622. The molecule has 1 rings (SSSR count). The van der Waals surface area contributed by atoms with E-state index in [1.165, 1.54) is 0 Å². The summed E-state index contributed by atoms with van der Waals surface area (Å²) in [5.74, 6) is -0.622. The molecule has 1 aromatic carbocycles. The molecule has 0 unspecified atom stereocenters. The van der Waals surface area contributed by atoms with E-state index >= 15 is 0 Å². The number of nitrogens with zero attached hydrogens (tertiary/aromatic N) is 1. The molecule has 5 nitrogen and oxygen atoms in total. The third-order valence-electron chi connectivity index (χ3n) is 1.83. The highest BCUT2D eigenvalue weighted by Crippen LogP contribution is 2.00. The van der Waals surface area contributed by atoms with Crippen LogP contribution in [0.25, 0.3) is 0 Å². The number of amides is 2. The molecule has 0 aliphatic heterocycles. The first-order chi connectivity index (χ1) is 7.76. The second-order valence-corrected chi connectivity index (χ2v) is 3.03. The van der Waals surface area contributed by atoms with Crippen LogP contribution in [0.2, 0.25) is 0 Å². The minimum Gasteiger partial charge on any atom is -0.459 e. The van der Waals surface area contributed by atoms with Crippen LogP contribution in [0.15, 0.2) is 30.3 Å². The molecule has 1 aromatic rings. The van der Waals surface area contributed by atoms with Gasteiger partial charge in [0.2, 0.25) is 12.8 Å². The van der Waals surface area contributed by atoms with Crippen molar-refractivity contribution in [3.63, 3.8) is 0 Å². The Kier molecular flexibility index (Phi) is 4.72. The molecule has 0 N–H and O–H groups in total. The molecule has 0 atom stereocenters. The largest absolute Gasteiger partial charge is 0.459 e. The summed E-state index contributed by atoms with van der Waals surface area (Å²) in [6.45, 7) is -0.231. The molecule has 0 saturated heterocycles. The van der Waals surface area contributed by atoms with Gasteiger partial charge in [0.15, 0.2) is 0 Å². The smallest absolute Gasteiger partial charge is 0.326 e. The Morgan fingerprint density at radius 3 is 2.38 bits per heavy atom. The van der Waals surface area contributed by atoms with Crippen LogP contribution in [0.5, 0.6) is 0 Å². The molecular weight excluding hydrogens is 210 g/mol. The van der Waals surface area contributed by atoms with Crippen molar-refractivity contribution in [1.29, 1.82) is 0 Å². The van der Waals surface area contributed by atoms with Crippen LogP contribution in [0.3, 0.4) is 0 Å². The number of hydrogen-bond acceptors (Lipinski definition) is 4. The Morgan fingerprint density at radius 2 is 1.81 bits per heavy atom. The second kappa shape index (κ2) is 6.34. The predicted octanol–water partition coefficient (Wildman–Crippen LogP) is 0.345. The van der Waals surface area contributed by atoms with Gasteiger partial charge in [0.25, 0.3) is 0 Å². The van der Waals surface area contributed by atoms with Crippen molar-refractivity contribution in [3.05, 3.63) is 35.9 Å². The summed E-state index contributed by atoms with van der Waals surface area (Å²) in [4.78, 5) is 32.3. The van der Waals surface area contributed by atoms with Gasteiger partial charge in [0.05, 0.1) is 0 Å². The van der Waals surface area contributed by atoms with E-state index in [1.54, 1.807) is 0 Å². The highest BCUT2D eigenvalue weighted by atomic mass is 16.5. The molecule has 0 aliphatic carbocycles. The van der Waals surface area contributed by atoms with Crippen molar-refractivity contribution in [2.24, 2.45) is 0 Å². The molecule has 0 fully saturated rings. The third kappa shape index (κ3) is 3.91. The fraction of sp³-hybridized carbons (Fsp3) is 0.182. The minimum absolute atomic E-state index is 0.130. The van der Waals surface area contributed by atoms with Crippen molar-refractivity contribution in [1.82, 2.24) is 4.90 Å². The summed E-state index contributed by atoms with van der Waals surface area (Å²) >= 11 is 0. The normalized spacial score (nSPS) is 9.25. The average molecular weight is 221 g/mol. The van der Waals surface area contributed by atoms with E-state index in [0.717, 1.165) is 5.56 Å². The summed E-state index contributed by atoms with van der Waals surface area (Å²) in [7, 11) is 0. The van der Waals surface area contributed by atoms with Crippen LogP contribution >= 0.6 is 0 Å². The fourth-order valence-electron chi connectivity index (χ4n) is 1.03. The van der Waals surface area contributed by atoms with E-state index in [-0.39, 0.29) is 26.0 Å². The van der Waals surface area contributed by atoms with Gasteiger partial charge in [0.1, 0.15) is 13.2 Å². The van der Waals surface area contributed by atoms with Crippen molar-refractivity contribution in [2.45, 2.75) is 6.61 Å². The summed E-state index contributed by atoms with van der Waals surface area (Å²) in [5.41, 5.74) is 0.847. The first kappa shape index (κ1) is 11.9. The van der Waals surface area contributed by atoms with Gasteiger partial charge in [-0.3, -0.25) is 19.3 Å². The topological polar surface area (TPSA) is 63.7 Å². The standard InChI is InChI=1S/C11H11NO4/c13-8-12(9-14)6-11(15)16-7-10-4-2-1-3-5-10/h1-5,8-9H,6-7H2. The number of rotatable bonds is 6. The maximum absolute atomic E-state index is 11.2. The second-order valence-electron chi connectivity index (χ2n) is 3.03. The van der Waals surface area contributed by atoms with E-state index < -0.39 is 5.97 Å². The van der Waals surface area contributed by atoms with Crippen LogP contribution in [0.1, 0.15) is 5.56 Å². The lowest BCUT2D eigenvalue weighted by atomic mass is 10.2. The molecule has 0 spiro atoms. The van der Waals surface area contributed by atoms with E-state index in [0.29, 0.717) is 4.90 Å². The highest BCUT2D eigenvalue weighted by molar-refractivity contribution is 5.80. The first-order valence-electron chi connectivity index (χ1n) is 4.62. The number of carbonyl (C=O) groups is 3. The zero-order chi connectivity index (χ0) is 11.8. The van der Waals surface area contributed by atoms with Crippen LogP contribution in [0, 0.1) is 0 Å². The van der Waals surface area contributed by atoms with Crippen molar-refractivity contribution < 1.29 is 19.1 Å². The SMILES string of the molecule is O=CN(C=O)CC(=O)OCc1ccccc1. The summed E-state index contributed by atoms with van der Waals surface area (Å²) in [5, 5.41) is 0. The van der Waals surface area contributed by atoms with Gasteiger partial charge in [-0.25, -0.2) is 0 Å². The molecule has 2 amide bonds. The molecule has 0 radical (unpaired) electrons. The maximum atomic E-state index is 11.2. The maximum Gasteiger partial charge on any atom is 0.326 e. The molecule has 0 aromatic heterocycles. The van der Waals surface area contributed by atoms with Crippen molar-refractivity contribution in [3.8, 4) is 0 Å². The van der Waals surface area contributed by atoms with Crippen molar-refractivity contribution >= 4 is 18.8 Å². The molecule has 0 aliphatic rings. The van der Waals surface area contributed by atoms with Crippen LogP contribution < -0.4 is 0 Å². The highest BCUT2D eigenvalue weighted by Gasteiger charge is 2.08. The Hall–Kier alpha value is -2.17. The zero-order valence-electron chi connectivity index (χ0n) is 8.54. The zero-order valence-corrected chi connectivity index (χ0v) is 8.54. The molecule has 0 saturated carbocycles.